The van der Waals surface area contributed by atoms with Crippen LogP contribution in [-0.4, -0.2) is 18.4 Å². The number of halogens is 2. The molecule has 1 heterocycles. The molecule has 1 atom stereocenters. The van der Waals surface area contributed by atoms with Crippen LogP contribution in [0, 0.1) is 6.57 Å². The van der Waals surface area contributed by atoms with Gasteiger partial charge in [0.05, 0.1) is 22.2 Å². The highest BCUT2D eigenvalue weighted by Crippen LogP contribution is 2.42. The highest BCUT2D eigenvalue weighted by molar-refractivity contribution is 6.33. The Bertz CT molecular complexity index is 1320. The lowest BCUT2D eigenvalue weighted by Crippen LogP contribution is -2.24. The Morgan fingerprint density at radius 3 is 2.61 bits per heavy atom. The number of benzene rings is 3. The number of ether oxygens (including phenoxy) is 1. The van der Waals surface area contributed by atoms with Crippen LogP contribution in [0.25, 0.3) is 4.85 Å². The molecular weight excluding hydrogens is 463 g/mol. The van der Waals surface area contributed by atoms with Crippen molar-refractivity contribution in [3.05, 3.63) is 87.2 Å². The van der Waals surface area contributed by atoms with Crippen molar-refractivity contribution in [3.8, 4) is 11.5 Å². The van der Waals surface area contributed by atoms with Crippen molar-refractivity contribution in [2.45, 2.75) is 12.3 Å². The van der Waals surface area contributed by atoms with Gasteiger partial charge in [-0.25, -0.2) is 4.85 Å². The minimum Gasteiger partial charge on any atom is -0.465 e. The van der Waals surface area contributed by atoms with Gasteiger partial charge in [0.1, 0.15) is 5.75 Å². The van der Waals surface area contributed by atoms with E-state index < -0.39 is 5.91 Å². The Balaban J connectivity index is 1.60. The molecule has 0 radical (unpaired) electrons. The minimum absolute atomic E-state index is 0.0787. The molecule has 0 saturated carbocycles. The van der Waals surface area contributed by atoms with Gasteiger partial charge < -0.3 is 21.1 Å². The summed E-state index contributed by atoms with van der Waals surface area (Å²) < 4.78 is 5.92. The maximum absolute atomic E-state index is 12.7. The first-order valence-electron chi connectivity index (χ1n) is 9.91. The fraction of sp³-hybridized carbons (Fsp3) is 0.125. The van der Waals surface area contributed by atoms with Crippen LogP contribution in [0.2, 0.25) is 10.0 Å². The molecule has 7 nitrogen and oxygen atoms in total. The van der Waals surface area contributed by atoms with Gasteiger partial charge in [-0.15, -0.1) is 0 Å². The maximum Gasteiger partial charge on any atom is 0.250 e. The molecule has 1 aliphatic rings. The van der Waals surface area contributed by atoms with E-state index in [4.69, 9.17) is 46.0 Å². The van der Waals surface area contributed by atoms with Crippen molar-refractivity contribution < 1.29 is 14.3 Å². The smallest absolute Gasteiger partial charge is 0.250 e. The Morgan fingerprint density at radius 1 is 1.12 bits per heavy atom. The van der Waals surface area contributed by atoms with Gasteiger partial charge in [-0.2, -0.15) is 0 Å². The monoisotopic (exact) mass is 480 g/mol. The highest BCUT2D eigenvalue weighted by atomic mass is 35.5. The molecule has 4 N–H and O–H groups in total. The first-order chi connectivity index (χ1) is 15.8. The average molecular weight is 481 g/mol. The van der Waals surface area contributed by atoms with Gasteiger partial charge in [0.25, 0.3) is 5.91 Å². The van der Waals surface area contributed by atoms with E-state index in [9.17, 15) is 9.59 Å². The molecule has 0 bridgehead atoms. The summed E-state index contributed by atoms with van der Waals surface area (Å²) in [7, 11) is 0. The summed E-state index contributed by atoms with van der Waals surface area (Å²) in [5.41, 5.74) is 13.4. The third kappa shape index (κ3) is 4.44. The molecule has 0 aromatic heterocycles. The van der Waals surface area contributed by atoms with E-state index in [0.29, 0.717) is 28.0 Å². The third-order valence-electron chi connectivity index (χ3n) is 5.44. The van der Waals surface area contributed by atoms with Crippen LogP contribution in [0.1, 0.15) is 28.3 Å². The first-order valence-corrected chi connectivity index (χ1v) is 10.7. The minimum atomic E-state index is -0.627. The lowest BCUT2D eigenvalue weighted by Gasteiger charge is -2.19. The molecule has 1 fully saturated rings. The topological polar surface area (TPSA) is 103 Å². The van der Waals surface area contributed by atoms with Crippen molar-refractivity contribution in [2.24, 2.45) is 5.73 Å². The van der Waals surface area contributed by atoms with Gasteiger partial charge in [0, 0.05) is 30.3 Å². The Hall–Kier alpha value is -3.73. The summed E-state index contributed by atoms with van der Waals surface area (Å²) in [4.78, 5) is 29.2. The Labute approximate surface area is 200 Å². The molecule has 2 amide bonds. The number of hydrogen-bond donors (Lipinski definition) is 2. The van der Waals surface area contributed by atoms with Gasteiger partial charge in [0.15, 0.2) is 5.75 Å². The predicted molar refractivity (Wildman–Crippen MR) is 128 cm³/mol. The van der Waals surface area contributed by atoms with Crippen LogP contribution in [-0.2, 0) is 4.79 Å². The van der Waals surface area contributed by atoms with E-state index in [-0.39, 0.29) is 40.9 Å². The SMILES string of the molecule is [C-]#[N+]c1cccc(Cl)c1Oc1cc([C@H]2CC(=O)N(c3ccc(C(N)=O)c(N)c3)C2)ccc1Cl. The molecule has 0 unspecified atom stereocenters. The average Bonchev–Trinajstić information content (AvgIpc) is 3.17. The van der Waals surface area contributed by atoms with E-state index in [1.54, 1.807) is 47.4 Å². The molecule has 4 rings (SSSR count). The van der Waals surface area contributed by atoms with Crippen LogP contribution >= 0.6 is 23.2 Å². The number of hydrogen-bond acceptors (Lipinski definition) is 4. The standard InChI is InChI=1S/C24H18Cl2N4O3/c1-29-20-4-2-3-18(26)23(20)33-21-9-13(5-8-17(21)25)14-10-22(31)30(12-14)15-6-7-16(24(28)32)19(27)11-15/h2-9,11,14H,10,12,27H2,(H2,28,32)/t14-/m0/s1. The Morgan fingerprint density at radius 2 is 1.91 bits per heavy atom. The van der Waals surface area contributed by atoms with Gasteiger partial charge in [-0.1, -0.05) is 41.4 Å². The number of anilines is 2. The zero-order valence-corrected chi connectivity index (χ0v) is 18.7. The van der Waals surface area contributed by atoms with Gasteiger partial charge in [-0.05, 0) is 42.0 Å². The van der Waals surface area contributed by atoms with E-state index in [0.717, 1.165) is 5.56 Å². The molecule has 0 aliphatic carbocycles. The highest BCUT2D eigenvalue weighted by Gasteiger charge is 2.32. The lowest BCUT2D eigenvalue weighted by atomic mass is 9.98. The number of carbonyl (C=O) groups is 2. The number of amides is 2. The second-order valence-electron chi connectivity index (χ2n) is 7.53. The Kier molecular flexibility index (Phi) is 6.14. The second-order valence-corrected chi connectivity index (χ2v) is 8.35. The summed E-state index contributed by atoms with van der Waals surface area (Å²) in [6.07, 6.45) is 0.276. The number of rotatable bonds is 5. The molecule has 166 valence electrons. The zero-order chi connectivity index (χ0) is 23.7. The van der Waals surface area contributed by atoms with Crippen molar-refractivity contribution in [1.82, 2.24) is 0 Å². The number of nitrogens with zero attached hydrogens (tertiary/aromatic N) is 2. The summed E-state index contributed by atoms with van der Waals surface area (Å²) in [6.45, 7) is 7.74. The number of primary amides is 1. The summed E-state index contributed by atoms with van der Waals surface area (Å²) in [6, 6.07) is 14.9. The molecular formula is C24H18Cl2N4O3. The van der Waals surface area contributed by atoms with Crippen LogP contribution in [0.15, 0.2) is 54.6 Å². The van der Waals surface area contributed by atoms with Crippen molar-refractivity contribution in [2.75, 3.05) is 17.2 Å². The molecule has 1 saturated heterocycles. The van der Waals surface area contributed by atoms with E-state index in [1.165, 1.54) is 6.07 Å². The molecule has 0 spiro atoms. The maximum atomic E-state index is 12.7. The van der Waals surface area contributed by atoms with E-state index in [2.05, 4.69) is 4.85 Å². The van der Waals surface area contributed by atoms with E-state index in [1.807, 2.05) is 6.07 Å². The fourth-order valence-electron chi connectivity index (χ4n) is 3.77. The molecule has 9 heteroatoms. The van der Waals surface area contributed by atoms with Crippen molar-refractivity contribution in [1.29, 1.82) is 0 Å². The molecule has 3 aromatic rings. The summed E-state index contributed by atoms with van der Waals surface area (Å²) in [5.74, 6) is -0.264. The second kappa shape index (κ2) is 9.02. The number of carbonyl (C=O) groups excluding carboxylic acids is 2. The first kappa shape index (κ1) is 22.5. The third-order valence-corrected chi connectivity index (χ3v) is 6.05. The normalized spacial score (nSPS) is 15.4. The number of nitrogens with two attached hydrogens (primary N) is 2. The number of nitrogen functional groups attached to an aromatic ring is 1. The molecule has 33 heavy (non-hydrogen) atoms. The van der Waals surface area contributed by atoms with Crippen molar-refractivity contribution >= 4 is 52.1 Å². The molecule has 3 aromatic carbocycles. The largest absolute Gasteiger partial charge is 0.465 e. The summed E-state index contributed by atoms with van der Waals surface area (Å²) in [5, 5.41) is 0.648. The lowest BCUT2D eigenvalue weighted by molar-refractivity contribution is -0.117. The predicted octanol–water partition coefficient (Wildman–Crippen LogP) is 5.54. The van der Waals surface area contributed by atoms with Gasteiger partial charge in [0.2, 0.25) is 11.6 Å². The van der Waals surface area contributed by atoms with Crippen LogP contribution < -0.4 is 21.1 Å². The molecule has 1 aliphatic heterocycles. The quantitative estimate of drug-likeness (QED) is 0.369. The summed E-state index contributed by atoms with van der Waals surface area (Å²) >= 11 is 12.6. The fourth-order valence-corrected chi connectivity index (χ4v) is 4.14. The van der Waals surface area contributed by atoms with Gasteiger partial charge in [-0.3, -0.25) is 9.59 Å². The van der Waals surface area contributed by atoms with Gasteiger partial charge >= 0.3 is 0 Å². The van der Waals surface area contributed by atoms with Crippen molar-refractivity contribution in [3.63, 3.8) is 0 Å². The van der Waals surface area contributed by atoms with Crippen LogP contribution in [0.5, 0.6) is 11.5 Å². The van der Waals surface area contributed by atoms with Crippen LogP contribution in [0.3, 0.4) is 0 Å². The van der Waals surface area contributed by atoms with E-state index >= 15 is 0 Å². The number of para-hydroxylation sites is 1. The van der Waals surface area contributed by atoms with Crippen LogP contribution in [0.4, 0.5) is 17.1 Å². The zero-order valence-electron chi connectivity index (χ0n) is 17.2.